The van der Waals surface area contributed by atoms with Gasteiger partial charge in [0.05, 0.1) is 15.7 Å². The van der Waals surface area contributed by atoms with Crippen molar-refractivity contribution in [1.82, 2.24) is 10.2 Å². The van der Waals surface area contributed by atoms with Crippen molar-refractivity contribution in [2.75, 3.05) is 26.4 Å². The lowest BCUT2D eigenvalue weighted by molar-refractivity contribution is 0.0916. The number of benzene rings is 1. The van der Waals surface area contributed by atoms with E-state index in [2.05, 4.69) is 19.2 Å². The topological polar surface area (TPSA) is 58.4 Å². The highest BCUT2D eigenvalue weighted by molar-refractivity contribution is 6.39. The van der Waals surface area contributed by atoms with Crippen LogP contribution in [0.5, 0.6) is 0 Å². The Morgan fingerprint density at radius 3 is 2.20 bits per heavy atom. The monoisotopic (exact) mass is 317 g/mol. The number of amides is 1. The number of nitrogens with one attached hydrogen (secondary N) is 1. The zero-order chi connectivity index (χ0) is 15.4. The highest BCUT2D eigenvalue weighted by Gasteiger charge is 2.19. The van der Waals surface area contributed by atoms with Gasteiger partial charge < -0.3 is 16.0 Å². The summed E-state index contributed by atoms with van der Waals surface area (Å²) >= 11 is 11.9. The smallest absolute Gasteiger partial charge is 0.251 e. The third kappa shape index (κ3) is 4.54. The molecule has 0 spiro atoms. The van der Waals surface area contributed by atoms with Gasteiger partial charge in [0.15, 0.2) is 0 Å². The lowest BCUT2D eigenvalue weighted by Crippen LogP contribution is -2.45. The Morgan fingerprint density at radius 1 is 1.30 bits per heavy atom. The van der Waals surface area contributed by atoms with Crippen molar-refractivity contribution in [3.8, 4) is 0 Å². The Balaban J connectivity index is 2.89. The minimum atomic E-state index is -0.200. The van der Waals surface area contributed by atoms with Crippen LogP contribution in [0, 0.1) is 5.92 Å². The van der Waals surface area contributed by atoms with Crippen LogP contribution >= 0.6 is 23.2 Å². The number of nitrogens with zero attached hydrogens (tertiary/aromatic N) is 1. The SMILES string of the molecule is CC(C)C(CN(C)C)NC(=O)c1cc(Cl)c(N)c(Cl)c1. The maximum Gasteiger partial charge on any atom is 0.251 e. The van der Waals surface area contributed by atoms with Crippen molar-refractivity contribution in [1.29, 1.82) is 0 Å². The zero-order valence-corrected chi connectivity index (χ0v) is 13.7. The summed E-state index contributed by atoms with van der Waals surface area (Å²) in [7, 11) is 3.94. The first-order valence-corrected chi connectivity index (χ1v) is 7.18. The molecule has 1 atom stereocenters. The van der Waals surface area contributed by atoms with Crippen LogP contribution in [0.25, 0.3) is 0 Å². The molecule has 1 amide bonds. The molecule has 3 N–H and O–H groups in total. The molecule has 4 nitrogen and oxygen atoms in total. The first-order chi connectivity index (χ1) is 9.22. The van der Waals surface area contributed by atoms with Gasteiger partial charge in [-0.1, -0.05) is 37.0 Å². The molecule has 1 unspecified atom stereocenters. The van der Waals surface area contributed by atoms with Crippen molar-refractivity contribution < 1.29 is 4.79 Å². The molecular formula is C14H21Cl2N3O. The molecule has 0 saturated carbocycles. The fraction of sp³-hybridized carbons (Fsp3) is 0.500. The van der Waals surface area contributed by atoms with Crippen LogP contribution in [0.3, 0.4) is 0 Å². The molecule has 0 aromatic heterocycles. The Labute approximate surface area is 130 Å². The summed E-state index contributed by atoms with van der Waals surface area (Å²) in [5.41, 5.74) is 6.37. The summed E-state index contributed by atoms with van der Waals surface area (Å²) in [6, 6.07) is 3.11. The van der Waals surface area contributed by atoms with E-state index in [0.717, 1.165) is 6.54 Å². The molecule has 6 heteroatoms. The second-order valence-electron chi connectivity index (χ2n) is 5.44. The van der Waals surface area contributed by atoms with Crippen LogP contribution < -0.4 is 11.1 Å². The predicted octanol–water partition coefficient (Wildman–Crippen LogP) is 2.89. The van der Waals surface area contributed by atoms with Gasteiger partial charge in [0.25, 0.3) is 5.91 Å². The van der Waals surface area contributed by atoms with Crippen molar-refractivity contribution in [3.05, 3.63) is 27.7 Å². The number of carbonyl (C=O) groups is 1. The number of nitrogens with two attached hydrogens (primary N) is 1. The number of carbonyl (C=O) groups excluding carboxylic acids is 1. The molecule has 0 fully saturated rings. The number of halogens is 2. The zero-order valence-electron chi connectivity index (χ0n) is 12.2. The molecule has 0 saturated heterocycles. The molecule has 1 aromatic rings. The van der Waals surface area contributed by atoms with Gasteiger partial charge in [-0.2, -0.15) is 0 Å². The Hall–Kier alpha value is -0.970. The van der Waals surface area contributed by atoms with E-state index in [9.17, 15) is 4.79 Å². The van der Waals surface area contributed by atoms with E-state index in [-0.39, 0.29) is 22.0 Å². The minimum absolute atomic E-state index is 0.0487. The van der Waals surface area contributed by atoms with Crippen LogP contribution in [0.2, 0.25) is 10.0 Å². The largest absolute Gasteiger partial charge is 0.396 e. The molecule has 0 aliphatic rings. The fourth-order valence-electron chi connectivity index (χ4n) is 1.78. The van der Waals surface area contributed by atoms with E-state index in [1.165, 1.54) is 12.1 Å². The number of likely N-dealkylation sites (N-methyl/N-ethyl adjacent to an activating group) is 1. The van der Waals surface area contributed by atoms with Gasteiger partial charge in [-0.05, 0) is 32.1 Å². The summed E-state index contributed by atoms with van der Waals surface area (Å²) in [5.74, 6) is 0.121. The number of nitrogen functional groups attached to an aromatic ring is 1. The van der Waals surface area contributed by atoms with Gasteiger partial charge in [0.2, 0.25) is 0 Å². The van der Waals surface area contributed by atoms with E-state index in [1.54, 1.807) is 0 Å². The quantitative estimate of drug-likeness (QED) is 0.821. The molecule has 0 heterocycles. The summed E-state index contributed by atoms with van der Waals surface area (Å²) in [4.78, 5) is 14.3. The van der Waals surface area contributed by atoms with E-state index in [1.807, 2.05) is 19.0 Å². The summed E-state index contributed by atoms with van der Waals surface area (Å²) < 4.78 is 0. The third-order valence-corrected chi connectivity index (χ3v) is 3.65. The Morgan fingerprint density at radius 2 is 1.80 bits per heavy atom. The predicted molar refractivity (Wildman–Crippen MR) is 85.5 cm³/mol. The first-order valence-electron chi connectivity index (χ1n) is 6.42. The van der Waals surface area contributed by atoms with E-state index in [4.69, 9.17) is 28.9 Å². The van der Waals surface area contributed by atoms with Crippen LogP contribution in [0.1, 0.15) is 24.2 Å². The van der Waals surface area contributed by atoms with Gasteiger partial charge in [0.1, 0.15) is 0 Å². The average molecular weight is 318 g/mol. The van der Waals surface area contributed by atoms with Gasteiger partial charge in [0, 0.05) is 18.2 Å². The molecule has 1 aromatic carbocycles. The van der Waals surface area contributed by atoms with E-state index >= 15 is 0 Å². The Kier molecular flexibility index (Phi) is 6.11. The highest BCUT2D eigenvalue weighted by atomic mass is 35.5. The maximum absolute atomic E-state index is 12.3. The standard InChI is InChI=1S/C14H21Cl2N3O/c1-8(2)12(7-19(3)4)18-14(20)9-5-10(15)13(17)11(16)6-9/h5-6,8,12H,7,17H2,1-4H3,(H,18,20). The number of rotatable bonds is 5. The van der Waals surface area contributed by atoms with Crippen LogP contribution in [-0.4, -0.2) is 37.5 Å². The molecule has 0 aliphatic heterocycles. The summed E-state index contributed by atoms with van der Waals surface area (Å²) in [5, 5.41) is 3.58. The molecule has 20 heavy (non-hydrogen) atoms. The number of hydrogen-bond acceptors (Lipinski definition) is 3. The van der Waals surface area contributed by atoms with Gasteiger partial charge in [-0.3, -0.25) is 4.79 Å². The second-order valence-corrected chi connectivity index (χ2v) is 6.25. The maximum atomic E-state index is 12.3. The summed E-state index contributed by atoms with van der Waals surface area (Å²) in [6.45, 7) is 4.90. The van der Waals surface area contributed by atoms with Crippen molar-refractivity contribution in [2.24, 2.45) is 5.92 Å². The summed E-state index contributed by atoms with van der Waals surface area (Å²) in [6.07, 6.45) is 0. The fourth-order valence-corrected chi connectivity index (χ4v) is 2.27. The lowest BCUT2D eigenvalue weighted by atomic mass is 10.0. The van der Waals surface area contributed by atoms with Crippen LogP contribution in [0.15, 0.2) is 12.1 Å². The van der Waals surface area contributed by atoms with Gasteiger partial charge in [-0.15, -0.1) is 0 Å². The average Bonchev–Trinajstić information content (AvgIpc) is 2.33. The van der Waals surface area contributed by atoms with Crippen molar-refractivity contribution in [3.63, 3.8) is 0 Å². The van der Waals surface area contributed by atoms with Crippen molar-refractivity contribution >= 4 is 34.8 Å². The molecular weight excluding hydrogens is 297 g/mol. The molecule has 0 bridgehead atoms. The van der Waals surface area contributed by atoms with Crippen molar-refractivity contribution in [2.45, 2.75) is 19.9 Å². The van der Waals surface area contributed by atoms with Gasteiger partial charge >= 0.3 is 0 Å². The normalized spacial score (nSPS) is 12.8. The highest BCUT2D eigenvalue weighted by Crippen LogP contribution is 2.28. The lowest BCUT2D eigenvalue weighted by Gasteiger charge is -2.25. The minimum Gasteiger partial charge on any atom is -0.396 e. The van der Waals surface area contributed by atoms with Crippen LogP contribution in [0.4, 0.5) is 5.69 Å². The molecule has 112 valence electrons. The molecule has 0 radical (unpaired) electrons. The molecule has 0 aliphatic carbocycles. The van der Waals surface area contributed by atoms with E-state index < -0.39 is 0 Å². The number of anilines is 1. The number of hydrogen-bond donors (Lipinski definition) is 2. The van der Waals surface area contributed by atoms with E-state index in [0.29, 0.717) is 17.2 Å². The third-order valence-electron chi connectivity index (χ3n) is 3.02. The second kappa shape index (κ2) is 7.16. The molecule has 1 rings (SSSR count). The first kappa shape index (κ1) is 17.1. The van der Waals surface area contributed by atoms with Gasteiger partial charge in [-0.25, -0.2) is 0 Å². The Bertz CT molecular complexity index is 466. The van der Waals surface area contributed by atoms with Crippen LogP contribution in [-0.2, 0) is 0 Å².